The van der Waals surface area contributed by atoms with Gasteiger partial charge in [-0.2, -0.15) is 0 Å². The molecule has 2 aromatic rings. The molecule has 4 nitrogen and oxygen atoms in total. The van der Waals surface area contributed by atoms with E-state index in [4.69, 9.17) is 0 Å². The van der Waals surface area contributed by atoms with Gasteiger partial charge in [0.2, 0.25) is 0 Å². The van der Waals surface area contributed by atoms with Crippen molar-refractivity contribution in [2.45, 2.75) is 19.4 Å². The topological polar surface area (TPSA) is 51.2 Å². The molecule has 0 amide bonds. The second-order valence-electron chi connectivity index (χ2n) is 4.37. The summed E-state index contributed by atoms with van der Waals surface area (Å²) in [6, 6.07) is 8.23. The lowest BCUT2D eigenvalue weighted by Crippen LogP contribution is -2.16. The van der Waals surface area contributed by atoms with Crippen LogP contribution in [0.1, 0.15) is 18.4 Å². The van der Waals surface area contributed by atoms with E-state index in [9.17, 15) is 4.79 Å². The van der Waals surface area contributed by atoms with Crippen molar-refractivity contribution in [3.8, 4) is 0 Å². The molecule has 0 atom stereocenters. The highest BCUT2D eigenvalue weighted by Crippen LogP contribution is 2.16. The molecular weight excluding hydrogens is 240 g/mol. The molecule has 1 aromatic heterocycles. The highest BCUT2D eigenvalue weighted by molar-refractivity contribution is 5.84. The van der Waals surface area contributed by atoms with Crippen molar-refractivity contribution in [1.29, 1.82) is 0 Å². The van der Waals surface area contributed by atoms with E-state index in [0.717, 1.165) is 24.9 Å². The number of ether oxygens (including phenoxy) is 1. The number of esters is 1. The number of benzene rings is 1. The summed E-state index contributed by atoms with van der Waals surface area (Å²) < 4.78 is 4.60. The summed E-state index contributed by atoms with van der Waals surface area (Å²) in [5, 5.41) is 5.71. The third kappa shape index (κ3) is 3.76. The van der Waals surface area contributed by atoms with Gasteiger partial charge in [-0.25, -0.2) is 0 Å². The number of carbonyl (C=O) groups excluding carboxylic acids is 1. The van der Waals surface area contributed by atoms with Crippen molar-refractivity contribution >= 4 is 16.7 Å². The molecule has 1 aromatic carbocycles. The van der Waals surface area contributed by atoms with Gasteiger partial charge in [0.25, 0.3) is 0 Å². The number of carbonyl (C=O) groups is 1. The van der Waals surface area contributed by atoms with Crippen molar-refractivity contribution in [3.63, 3.8) is 0 Å². The molecule has 1 N–H and O–H groups in total. The molecule has 0 saturated carbocycles. The summed E-state index contributed by atoms with van der Waals surface area (Å²) in [6.07, 6.45) is 4.93. The van der Waals surface area contributed by atoms with E-state index < -0.39 is 0 Å². The van der Waals surface area contributed by atoms with E-state index in [2.05, 4.69) is 27.2 Å². The van der Waals surface area contributed by atoms with Gasteiger partial charge in [0.1, 0.15) is 0 Å². The highest BCUT2D eigenvalue weighted by Gasteiger charge is 2.01. The summed E-state index contributed by atoms with van der Waals surface area (Å²) in [7, 11) is 1.42. The quantitative estimate of drug-likeness (QED) is 0.638. The number of methoxy groups -OCH3 is 1. The number of hydrogen-bond acceptors (Lipinski definition) is 4. The van der Waals surface area contributed by atoms with Gasteiger partial charge < -0.3 is 10.1 Å². The molecule has 0 aliphatic carbocycles. The number of fused-ring (bicyclic) bond motifs is 1. The maximum absolute atomic E-state index is 11.0. The standard InChI is InChI=1S/C15H18N2O2/c1-19-15(18)6-3-8-16-10-12-4-2-5-13-11-17-9-7-14(12)13/h2,4-5,7,9,11,16H,3,6,8,10H2,1H3. The lowest BCUT2D eigenvalue weighted by atomic mass is 10.1. The summed E-state index contributed by atoms with van der Waals surface area (Å²) in [6.45, 7) is 1.60. The second-order valence-corrected chi connectivity index (χ2v) is 4.37. The molecule has 0 aliphatic rings. The Bertz CT molecular complexity index is 549. The summed E-state index contributed by atoms with van der Waals surface area (Å²) >= 11 is 0. The third-order valence-electron chi connectivity index (χ3n) is 3.05. The van der Waals surface area contributed by atoms with Crippen molar-refractivity contribution in [2.75, 3.05) is 13.7 Å². The van der Waals surface area contributed by atoms with Gasteiger partial charge in [0.15, 0.2) is 0 Å². The predicted molar refractivity (Wildman–Crippen MR) is 74.7 cm³/mol. The van der Waals surface area contributed by atoms with Crippen LogP contribution in [0.25, 0.3) is 10.8 Å². The molecule has 0 aliphatic heterocycles. The van der Waals surface area contributed by atoms with Crippen molar-refractivity contribution in [1.82, 2.24) is 10.3 Å². The van der Waals surface area contributed by atoms with Crippen LogP contribution in [0.4, 0.5) is 0 Å². The van der Waals surface area contributed by atoms with Gasteiger partial charge in [-0.15, -0.1) is 0 Å². The van der Waals surface area contributed by atoms with E-state index in [0.29, 0.717) is 6.42 Å². The Morgan fingerprint density at radius 3 is 3.11 bits per heavy atom. The zero-order chi connectivity index (χ0) is 13.5. The first-order valence-corrected chi connectivity index (χ1v) is 6.40. The fraction of sp³-hybridized carbons (Fsp3) is 0.333. The normalized spacial score (nSPS) is 10.6. The third-order valence-corrected chi connectivity index (χ3v) is 3.05. The number of rotatable bonds is 6. The monoisotopic (exact) mass is 258 g/mol. The SMILES string of the molecule is COC(=O)CCCNCc1cccc2cnccc12. The van der Waals surface area contributed by atoms with Gasteiger partial charge in [-0.05, 0) is 30.0 Å². The lowest BCUT2D eigenvalue weighted by Gasteiger charge is -2.07. The maximum atomic E-state index is 11.0. The zero-order valence-electron chi connectivity index (χ0n) is 11.1. The highest BCUT2D eigenvalue weighted by atomic mass is 16.5. The minimum Gasteiger partial charge on any atom is -0.469 e. The molecule has 100 valence electrons. The molecule has 0 unspecified atom stereocenters. The predicted octanol–water partition coefficient (Wildman–Crippen LogP) is 2.28. The number of nitrogens with zero attached hydrogens (tertiary/aromatic N) is 1. The van der Waals surface area contributed by atoms with Gasteiger partial charge in [0, 0.05) is 30.7 Å². The first kappa shape index (κ1) is 13.5. The average Bonchev–Trinajstić information content (AvgIpc) is 2.46. The average molecular weight is 258 g/mol. The van der Waals surface area contributed by atoms with Crippen LogP contribution >= 0.6 is 0 Å². The second kappa shape index (κ2) is 6.85. The largest absolute Gasteiger partial charge is 0.469 e. The zero-order valence-corrected chi connectivity index (χ0v) is 11.1. The van der Waals surface area contributed by atoms with Crippen molar-refractivity contribution in [2.24, 2.45) is 0 Å². The fourth-order valence-electron chi connectivity index (χ4n) is 2.03. The van der Waals surface area contributed by atoms with Crippen LogP contribution in [-0.2, 0) is 16.1 Å². The van der Waals surface area contributed by atoms with Crippen LogP contribution in [0.15, 0.2) is 36.7 Å². The van der Waals surface area contributed by atoms with Crippen molar-refractivity contribution < 1.29 is 9.53 Å². The Hall–Kier alpha value is -1.94. The van der Waals surface area contributed by atoms with E-state index >= 15 is 0 Å². The molecular formula is C15H18N2O2. The Labute approximate surface area is 112 Å². The number of aromatic nitrogens is 1. The summed E-state index contributed by atoms with van der Waals surface area (Å²) in [4.78, 5) is 15.1. The summed E-state index contributed by atoms with van der Waals surface area (Å²) in [5.74, 6) is -0.155. The Morgan fingerprint density at radius 1 is 1.37 bits per heavy atom. The molecule has 0 saturated heterocycles. The van der Waals surface area contributed by atoms with Crippen LogP contribution in [-0.4, -0.2) is 24.6 Å². The Kier molecular flexibility index (Phi) is 4.86. The maximum Gasteiger partial charge on any atom is 0.305 e. The van der Waals surface area contributed by atoms with E-state index in [1.54, 1.807) is 0 Å². The van der Waals surface area contributed by atoms with Crippen molar-refractivity contribution in [3.05, 3.63) is 42.2 Å². The molecule has 2 rings (SSSR count). The van der Waals surface area contributed by atoms with Crippen LogP contribution in [0.3, 0.4) is 0 Å². The molecule has 1 heterocycles. The van der Waals surface area contributed by atoms with E-state index in [1.165, 1.54) is 18.1 Å². The van der Waals surface area contributed by atoms with Gasteiger partial charge in [0.05, 0.1) is 7.11 Å². The number of hydrogen-bond donors (Lipinski definition) is 1. The van der Waals surface area contributed by atoms with Crippen LogP contribution in [0.2, 0.25) is 0 Å². The first-order valence-electron chi connectivity index (χ1n) is 6.40. The number of pyridine rings is 1. The smallest absolute Gasteiger partial charge is 0.305 e. The Balaban J connectivity index is 1.86. The summed E-state index contributed by atoms with van der Waals surface area (Å²) in [5.41, 5.74) is 1.25. The molecule has 4 heteroatoms. The van der Waals surface area contributed by atoms with Gasteiger partial charge >= 0.3 is 5.97 Å². The molecule has 0 bridgehead atoms. The Morgan fingerprint density at radius 2 is 2.26 bits per heavy atom. The molecule has 0 fully saturated rings. The van der Waals surface area contributed by atoms with Gasteiger partial charge in [-0.3, -0.25) is 9.78 Å². The van der Waals surface area contributed by atoms with Crippen LogP contribution < -0.4 is 5.32 Å². The minimum absolute atomic E-state index is 0.155. The minimum atomic E-state index is -0.155. The lowest BCUT2D eigenvalue weighted by molar-refractivity contribution is -0.140. The first-order chi connectivity index (χ1) is 9.31. The van der Waals surface area contributed by atoms with E-state index in [1.807, 2.05) is 24.5 Å². The fourth-order valence-corrected chi connectivity index (χ4v) is 2.03. The molecule has 19 heavy (non-hydrogen) atoms. The molecule has 0 spiro atoms. The van der Waals surface area contributed by atoms with Gasteiger partial charge in [-0.1, -0.05) is 18.2 Å². The van der Waals surface area contributed by atoms with Crippen LogP contribution in [0.5, 0.6) is 0 Å². The van der Waals surface area contributed by atoms with E-state index in [-0.39, 0.29) is 5.97 Å². The molecule has 0 radical (unpaired) electrons. The number of nitrogens with one attached hydrogen (secondary N) is 1. The van der Waals surface area contributed by atoms with Crippen LogP contribution in [0, 0.1) is 0 Å².